The van der Waals surface area contributed by atoms with Gasteiger partial charge in [0.1, 0.15) is 9.84 Å². The smallest absolute Gasteiger partial charge is 0.253 e. The lowest BCUT2D eigenvalue weighted by Gasteiger charge is -2.30. The first-order valence-electron chi connectivity index (χ1n) is 7.75. The van der Waals surface area contributed by atoms with Crippen molar-refractivity contribution in [2.24, 2.45) is 5.92 Å². The molecule has 1 aromatic carbocycles. The molecule has 2 fully saturated rings. The third-order valence-corrected chi connectivity index (χ3v) is 5.57. The maximum Gasteiger partial charge on any atom is 0.253 e. The molecule has 1 aliphatic heterocycles. The minimum Gasteiger partial charge on any atom is -0.368 e. The van der Waals surface area contributed by atoms with E-state index in [1.807, 2.05) is 24.3 Å². The summed E-state index contributed by atoms with van der Waals surface area (Å²) in [6, 6.07) is 8.16. The third kappa shape index (κ3) is 3.27. The summed E-state index contributed by atoms with van der Waals surface area (Å²) < 4.78 is 22.3. The van der Waals surface area contributed by atoms with Gasteiger partial charge in [0.2, 0.25) is 0 Å². The second-order valence-electron chi connectivity index (χ2n) is 6.39. The van der Waals surface area contributed by atoms with E-state index in [1.54, 1.807) is 0 Å². The van der Waals surface area contributed by atoms with Gasteiger partial charge in [-0.15, -0.1) is 0 Å². The van der Waals surface area contributed by atoms with Crippen molar-refractivity contribution >= 4 is 21.4 Å². The van der Waals surface area contributed by atoms with E-state index in [9.17, 15) is 13.2 Å². The van der Waals surface area contributed by atoms with Crippen LogP contribution < -0.4 is 10.2 Å². The molecule has 0 aromatic heterocycles. The highest BCUT2D eigenvalue weighted by Gasteiger charge is 2.38. The number of sulfone groups is 1. The molecule has 0 spiro atoms. The van der Waals surface area contributed by atoms with Crippen LogP contribution >= 0.6 is 0 Å². The Morgan fingerprint density at radius 1 is 1.32 bits per heavy atom. The van der Waals surface area contributed by atoms with Crippen LogP contribution in [0.2, 0.25) is 0 Å². The number of amides is 1. The topological polar surface area (TPSA) is 66.5 Å². The molecule has 22 heavy (non-hydrogen) atoms. The molecule has 1 saturated carbocycles. The van der Waals surface area contributed by atoms with Gasteiger partial charge in [0.15, 0.2) is 0 Å². The Morgan fingerprint density at radius 3 is 2.73 bits per heavy atom. The molecule has 2 bridgehead atoms. The SMILES string of the molecule is CS(=O)(=O)CCNC(=O)c1ccccc1N1CC2CCC1C2. The standard InChI is InChI=1S/C16H22N2O3S/c1-22(20,21)9-8-17-16(19)14-4-2-3-5-15(14)18-11-12-6-7-13(18)10-12/h2-5,12-13H,6-11H2,1H3,(H,17,19). The summed E-state index contributed by atoms with van der Waals surface area (Å²) in [5.74, 6) is 0.531. The highest BCUT2D eigenvalue weighted by molar-refractivity contribution is 7.90. The van der Waals surface area contributed by atoms with E-state index in [2.05, 4.69) is 10.2 Å². The minimum absolute atomic E-state index is 0.0324. The zero-order chi connectivity index (χ0) is 15.7. The lowest BCUT2D eigenvalue weighted by atomic mass is 10.1. The molecule has 1 heterocycles. The first-order chi connectivity index (χ1) is 10.4. The van der Waals surface area contributed by atoms with Crippen molar-refractivity contribution < 1.29 is 13.2 Å². The van der Waals surface area contributed by atoms with Gasteiger partial charge in [-0.2, -0.15) is 0 Å². The van der Waals surface area contributed by atoms with Crippen LogP contribution in [0.3, 0.4) is 0 Å². The highest BCUT2D eigenvalue weighted by atomic mass is 32.2. The summed E-state index contributed by atoms with van der Waals surface area (Å²) in [5, 5.41) is 2.72. The molecule has 1 saturated heterocycles. The molecule has 2 atom stereocenters. The number of para-hydroxylation sites is 1. The number of carbonyl (C=O) groups is 1. The molecule has 6 heteroatoms. The Hall–Kier alpha value is -1.56. The zero-order valence-electron chi connectivity index (χ0n) is 12.8. The predicted molar refractivity (Wildman–Crippen MR) is 87.0 cm³/mol. The van der Waals surface area contributed by atoms with Gasteiger partial charge in [0.05, 0.1) is 11.3 Å². The molecule has 0 radical (unpaired) electrons. The van der Waals surface area contributed by atoms with Gasteiger partial charge in [0.25, 0.3) is 5.91 Å². The fourth-order valence-electron chi connectivity index (χ4n) is 3.58. The molecule has 5 nitrogen and oxygen atoms in total. The molecule has 1 aromatic rings. The average Bonchev–Trinajstić information content (AvgIpc) is 3.08. The summed E-state index contributed by atoms with van der Waals surface area (Å²) in [7, 11) is -3.06. The van der Waals surface area contributed by atoms with E-state index in [0.717, 1.165) is 18.2 Å². The Kier molecular flexibility index (Phi) is 4.12. The van der Waals surface area contributed by atoms with Gasteiger partial charge in [0, 0.05) is 31.1 Å². The second-order valence-corrected chi connectivity index (χ2v) is 8.65. The van der Waals surface area contributed by atoms with Gasteiger partial charge in [-0.3, -0.25) is 4.79 Å². The molecule has 120 valence electrons. The van der Waals surface area contributed by atoms with Crippen molar-refractivity contribution in [2.75, 3.05) is 30.0 Å². The Balaban J connectivity index is 1.72. The van der Waals surface area contributed by atoms with E-state index in [1.165, 1.54) is 25.5 Å². The number of rotatable bonds is 5. The summed E-state index contributed by atoms with van der Waals surface area (Å²) in [5.41, 5.74) is 1.62. The number of hydrogen-bond acceptors (Lipinski definition) is 4. The van der Waals surface area contributed by atoms with E-state index in [4.69, 9.17) is 0 Å². The average molecular weight is 322 g/mol. The summed E-state index contributed by atoms with van der Waals surface area (Å²) in [4.78, 5) is 14.7. The number of fused-ring (bicyclic) bond motifs is 2. The molecule has 1 N–H and O–H groups in total. The predicted octanol–water partition coefficient (Wildman–Crippen LogP) is 1.45. The molecular formula is C16H22N2O3S. The van der Waals surface area contributed by atoms with Crippen LogP contribution in [0.4, 0.5) is 5.69 Å². The first-order valence-corrected chi connectivity index (χ1v) is 9.82. The van der Waals surface area contributed by atoms with Crippen molar-refractivity contribution in [3.63, 3.8) is 0 Å². The van der Waals surface area contributed by atoms with Crippen LogP contribution in [0, 0.1) is 5.92 Å². The fraction of sp³-hybridized carbons (Fsp3) is 0.562. The van der Waals surface area contributed by atoms with Gasteiger partial charge < -0.3 is 10.2 Å². The largest absolute Gasteiger partial charge is 0.368 e. The number of hydrogen-bond donors (Lipinski definition) is 1. The molecule has 2 unspecified atom stereocenters. The van der Waals surface area contributed by atoms with Crippen molar-refractivity contribution in [1.29, 1.82) is 0 Å². The molecular weight excluding hydrogens is 300 g/mol. The van der Waals surface area contributed by atoms with E-state index in [-0.39, 0.29) is 18.2 Å². The van der Waals surface area contributed by atoms with Gasteiger partial charge in [-0.1, -0.05) is 12.1 Å². The Bertz CT molecular complexity index is 672. The van der Waals surface area contributed by atoms with E-state index in [0.29, 0.717) is 11.6 Å². The van der Waals surface area contributed by atoms with Crippen LogP contribution in [0.5, 0.6) is 0 Å². The monoisotopic (exact) mass is 322 g/mol. The lowest BCUT2D eigenvalue weighted by molar-refractivity contribution is 0.0956. The van der Waals surface area contributed by atoms with Gasteiger partial charge >= 0.3 is 0 Å². The number of benzene rings is 1. The number of carbonyl (C=O) groups excluding carboxylic acids is 1. The normalized spacial score (nSPS) is 23.8. The van der Waals surface area contributed by atoms with Crippen molar-refractivity contribution in [1.82, 2.24) is 5.32 Å². The third-order valence-electron chi connectivity index (χ3n) is 4.63. The number of nitrogens with zero attached hydrogens (tertiary/aromatic N) is 1. The van der Waals surface area contributed by atoms with Gasteiger partial charge in [-0.25, -0.2) is 8.42 Å². The zero-order valence-corrected chi connectivity index (χ0v) is 13.6. The van der Waals surface area contributed by atoms with Crippen molar-refractivity contribution in [3.8, 4) is 0 Å². The highest BCUT2D eigenvalue weighted by Crippen LogP contribution is 2.41. The lowest BCUT2D eigenvalue weighted by Crippen LogP contribution is -2.35. The summed E-state index contributed by atoms with van der Waals surface area (Å²) in [6.45, 7) is 1.18. The molecule has 2 aliphatic rings. The fourth-order valence-corrected chi connectivity index (χ4v) is 4.05. The van der Waals surface area contributed by atoms with Crippen LogP contribution in [-0.2, 0) is 9.84 Å². The van der Waals surface area contributed by atoms with Crippen LogP contribution in [0.15, 0.2) is 24.3 Å². The number of nitrogens with one attached hydrogen (secondary N) is 1. The molecule has 1 amide bonds. The summed E-state index contributed by atoms with van der Waals surface area (Å²) in [6.07, 6.45) is 4.90. The molecule has 3 rings (SSSR count). The van der Waals surface area contributed by atoms with Crippen molar-refractivity contribution in [3.05, 3.63) is 29.8 Å². The Labute approximate surface area is 131 Å². The second kappa shape index (κ2) is 5.91. The van der Waals surface area contributed by atoms with Crippen LogP contribution in [0.1, 0.15) is 29.6 Å². The maximum absolute atomic E-state index is 12.4. The molecule has 1 aliphatic carbocycles. The van der Waals surface area contributed by atoms with Crippen LogP contribution in [0.25, 0.3) is 0 Å². The minimum atomic E-state index is -3.06. The number of piperidine rings is 1. The van der Waals surface area contributed by atoms with Gasteiger partial charge in [-0.05, 0) is 37.3 Å². The van der Waals surface area contributed by atoms with E-state index >= 15 is 0 Å². The first kappa shape index (κ1) is 15.3. The number of anilines is 1. The van der Waals surface area contributed by atoms with Crippen molar-refractivity contribution in [2.45, 2.75) is 25.3 Å². The van der Waals surface area contributed by atoms with Crippen LogP contribution in [-0.4, -0.2) is 45.5 Å². The quantitative estimate of drug-likeness (QED) is 0.891. The van der Waals surface area contributed by atoms with E-state index < -0.39 is 9.84 Å². The Morgan fingerprint density at radius 2 is 2.09 bits per heavy atom. The maximum atomic E-state index is 12.4. The summed E-state index contributed by atoms with van der Waals surface area (Å²) >= 11 is 0.